The molecule has 2 aromatic carbocycles. The smallest absolute Gasteiger partial charge is 0.254 e. The zero-order valence-electron chi connectivity index (χ0n) is 12.6. The van der Waals surface area contributed by atoms with Crippen LogP contribution in [-0.2, 0) is 6.42 Å². The standard InChI is InChI=1S/C18H17F2NO/c1-11-3-4-14(9-17(11)20)18(22)21-8-7-13-5-6-15(19)10-16(13)12(21)2/h3-6,9-10,12H,7-8H2,1-2H3. The minimum Gasteiger partial charge on any atom is -0.332 e. The molecule has 1 aliphatic rings. The molecule has 1 amide bonds. The maximum atomic E-state index is 13.7. The van der Waals surface area contributed by atoms with E-state index >= 15 is 0 Å². The number of hydrogen-bond donors (Lipinski definition) is 0. The molecule has 1 heterocycles. The van der Waals surface area contributed by atoms with Crippen LogP contribution in [0.5, 0.6) is 0 Å². The lowest BCUT2D eigenvalue weighted by Gasteiger charge is -2.35. The first-order valence-electron chi connectivity index (χ1n) is 7.33. The van der Waals surface area contributed by atoms with Crippen molar-refractivity contribution in [3.05, 3.63) is 70.3 Å². The van der Waals surface area contributed by atoms with Crippen molar-refractivity contribution in [1.29, 1.82) is 0 Å². The normalized spacial score (nSPS) is 17.3. The zero-order chi connectivity index (χ0) is 15.9. The van der Waals surface area contributed by atoms with E-state index in [0.29, 0.717) is 24.1 Å². The van der Waals surface area contributed by atoms with Gasteiger partial charge in [-0.3, -0.25) is 4.79 Å². The van der Waals surface area contributed by atoms with E-state index in [1.807, 2.05) is 6.92 Å². The molecule has 1 unspecified atom stereocenters. The molecule has 0 fully saturated rings. The highest BCUT2D eigenvalue weighted by atomic mass is 19.1. The predicted molar refractivity (Wildman–Crippen MR) is 80.7 cm³/mol. The van der Waals surface area contributed by atoms with E-state index in [-0.39, 0.29) is 23.6 Å². The average Bonchev–Trinajstić information content (AvgIpc) is 2.50. The topological polar surface area (TPSA) is 20.3 Å². The third kappa shape index (κ3) is 2.49. The maximum Gasteiger partial charge on any atom is 0.254 e. The van der Waals surface area contributed by atoms with Gasteiger partial charge in [0.05, 0.1) is 6.04 Å². The van der Waals surface area contributed by atoms with Gasteiger partial charge in [0, 0.05) is 12.1 Å². The Bertz CT molecular complexity index is 742. The Morgan fingerprint density at radius 1 is 1.18 bits per heavy atom. The van der Waals surface area contributed by atoms with Crippen molar-refractivity contribution >= 4 is 5.91 Å². The second kappa shape index (κ2) is 5.52. The van der Waals surface area contributed by atoms with E-state index in [4.69, 9.17) is 0 Å². The molecule has 4 heteroatoms. The summed E-state index contributed by atoms with van der Waals surface area (Å²) in [6.07, 6.45) is 0.681. The highest BCUT2D eigenvalue weighted by Gasteiger charge is 2.28. The molecule has 0 radical (unpaired) electrons. The van der Waals surface area contributed by atoms with Gasteiger partial charge < -0.3 is 4.90 Å². The van der Waals surface area contributed by atoms with Crippen molar-refractivity contribution in [2.45, 2.75) is 26.3 Å². The number of hydrogen-bond acceptors (Lipinski definition) is 1. The summed E-state index contributed by atoms with van der Waals surface area (Å²) in [5, 5.41) is 0. The minimum atomic E-state index is -0.387. The van der Waals surface area contributed by atoms with Gasteiger partial charge in [0.2, 0.25) is 0 Å². The van der Waals surface area contributed by atoms with Crippen LogP contribution in [0, 0.1) is 18.6 Å². The van der Waals surface area contributed by atoms with Gasteiger partial charge in [-0.25, -0.2) is 8.78 Å². The summed E-state index contributed by atoms with van der Waals surface area (Å²) >= 11 is 0. The predicted octanol–water partition coefficient (Wildman–Crippen LogP) is 4.03. The lowest BCUT2D eigenvalue weighted by molar-refractivity contribution is 0.0676. The first-order valence-corrected chi connectivity index (χ1v) is 7.33. The van der Waals surface area contributed by atoms with E-state index in [0.717, 1.165) is 11.1 Å². The minimum absolute atomic E-state index is 0.221. The third-order valence-electron chi connectivity index (χ3n) is 4.33. The number of benzene rings is 2. The van der Waals surface area contributed by atoms with Crippen molar-refractivity contribution in [3.8, 4) is 0 Å². The van der Waals surface area contributed by atoms with E-state index in [2.05, 4.69) is 0 Å². The number of halogens is 2. The molecule has 0 saturated carbocycles. The summed E-state index contributed by atoms with van der Waals surface area (Å²) in [5.74, 6) is -0.912. The molecular formula is C18H17F2NO. The van der Waals surface area contributed by atoms with Crippen LogP contribution >= 0.6 is 0 Å². The number of fused-ring (bicyclic) bond motifs is 1. The molecule has 0 aromatic heterocycles. The van der Waals surface area contributed by atoms with Gasteiger partial charge >= 0.3 is 0 Å². The number of rotatable bonds is 1. The average molecular weight is 301 g/mol. The van der Waals surface area contributed by atoms with E-state index in [9.17, 15) is 13.6 Å². The fourth-order valence-corrected chi connectivity index (χ4v) is 2.95. The second-order valence-corrected chi connectivity index (χ2v) is 5.73. The quantitative estimate of drug-likeness (QED) is 0.778. The van der Waals surface area contributed by atoms with Gasteiger partial charge in [-0.1, -0.05) is 12.1 Å². The van der Waals surface area contributed by atoms with Crippen LogP contribution in [0.25, 0.3) is 0 Å². The van der Waals surface area contributed by atoms with Crippen molar-refractivity contribution in [2.75, 3.05) is 6.54 Å². The van der Waals surface area contributed by atoms with Gasteiger partial charge in [0.15, 0.2) is 0 Å². The highest BCUT2D eigenvalue weighted by Crippen LogP contribution is 2.31. The Morgan fingerprint density at radius 2 is 1.95 bits per heavy atom. The Balaban J connectivity index is 1.92. The summed E-state index contributed by atoms with van der Waals surface area (Å²) in [6.45, 7) is 4.08. The van der Waals surface area contributed by atoms with Gasteiger partial charge in [-0.05, 0) is 61.2 Å². The van der Waals surface area contributed by atoms with E-state index in [1.54, 1.807) is 30.0 Å². The summed E-state index contributed by atoms with van der Waals surface area (Å²) in [6, 6.07) is 8.98. The molecule has 0 spiro atoms. The molecule has 114 valence electrons. The number of carbonyl (C=O) groups is 1. The van der Waals surface area contributed by atoms with Crippen LogP contribution in [0.1, 0.15) is 40.0 Å². The Kier molecular flexibility index (Phi) is 3.69. The Morgan fingerprint density at radius 3 is 2.68 bits per heavy atom. The Labute approximate surface area is 128 Å². The highest BCUT2D eigenvalue weighted by molar-refractivity contribution is 5.94. The molecule has 3 rings (SSSR count). The van der Waals surface area contributed by atoms with Crippen LogP contribution in [0.3, 0.4) is 0 Å². The monoisotopic (exact) mass is 301 g/mol. The van der Waals surface area contributed by atoms with Gasteiger partial charge in [0.25, 0.3) is 5.91 Å². The molecule has 0 saturated heterocycles. The van der Waals surface area contributed by atoms with Crippen LogP contribution < -0.4 is 0 Å². The lowest BCUT2D eigenvalue weighted by Crippen LogP contribution is -2.39. The first kappa shape index (κ1) is 14.7. The molecule has 1 aliphatic heterocycles. The van der Waals surface area contributed by atoms with Gasteiger partial charge in [0.1, 0.15) is 11.6 Å². The first-order chi connectivity index (χ1) is 10.5. The van der Waals surface area contributed by atoms with Crippen molar-refractivity contribution in [2.24, 2.45) is 0 Å². The fraction of sp³-hybridized carbons (Fsp3) is 0.278. The molecular weight excluding hydrogens is 284 g/mol. The van der Waals surface area contributed by atoms with Crippen molar-refractivity contribution < 1.29 is 13.6 Å². The summed E-state index contributed by atoms with van der Waals surface area (Å²) < 4.78 is 27.1. The number of carbonyl (C=O) groups excluding carboxylic acids is 1. The van der Waals surface area contributed by atoms with E-state index in [1.165, 1.54) is 18.2 Å². The fourth-order valence-electron chi connectivity index (χ4n) is 2.95. The van der Waals surface area contributed by atoms with Gasteiger partial charge in [-0.15, -0.1) is 0 Å². The summed E-state index contributed by atoms with van der Waals surface area (Å²) in [5.41, 5.74) is 2.73. The van der Waals surface area contributed by atoms with Gasteiger partial charge in [-0.2, -0.15) is 0 Å². The van der Waals surface area contributed by atoms with Crippen LogP contribution in [0.2, 0.25) is 0 Å². The lowest BCUT2D eigenvalue weighted by atomic mass is 9.93. The summed E-state index contributed by atoms with van der Waals surface area (Å²) in [4.78, 5) is 14.3. The van der Waals surface area contributed by atoms with E-state index < -0.39 is 0 Å². The summed E-state index contributed by atoms with van der Waals surface area (Å²) in [7, 11) is 0. The molecule has 0 N–H and O–H groups in total. The number of amides is 1. The van der Waals surface area contributed by atoms with Crippen molar-refractivity contribution in [3.63, 3.8) is 0 Å². The maximum absolute atomic E-state index is 13.7. The van der Waals surface area contributed by atoms with Crippen LogP contribution in [0.15, 0.2) is 36.4 Å². The second-order valence-electron chi connectivity index (χ2n) is 5.73. The number of nitrogens with zero attached hydrogens (tertiary/aromatic N) is 1. The molecule has 0 bridgehead atoms. The van der Waals surface area contributed by atoms with Crippen LogP contribution in [-0.4, -0.2) is 17.4 Å². The molecule has 2 nitrogen and oxygen atoms in total. The largest absolute Gasteiger partial charge is 0.332 e. The van der Waals surface area contributed by atoms with Crippen LogP contribution in [0.4, 0.5) is 8.78 Å². The molecule has 2 aromatic rings. The van der Waals surface area contributed by atoms with Crippen molar-refractivity contribution in [1.82, 2.24) is 4.90 Å². The Hall–Kier alpha value is -2.23. The zero-order valence-corrected chi connectivity index (χ0v) is 12.6. The SMILES string of the molecule is Cc1ccc(C(=O)N2CCc3ccc(F)cc3C2C)cc1F. The molecule has 0 aliphatic carbocycles. The number of aryl methyl sites for hydroxylation is 1. The molecule has 22 heavy (non-hydrogen) atoms. The third-order valence-corrected chi connectivity index (χ3v) is 4.33. The molecule has 1 atom stereocenters.